The molecule has 0 heterocycles. The van der Waals surface area contributed by atoms with Crippen LogP contribution in [0.2, 0.25) is 10.0 Å². The molecule has 0 atom stereocenters. The Bertz CT molecular complexity index is 1360. The van der Waals surface area contributed by atoms with E-state index in [1.165, 1.54) is 13.2 Å². The molecule has 0 spiro atoms. The summed E-state index contributed by atoms with van der Waals surface area (Å²) >= 11 is 15.5. The minimum Gasteiger partial charge on any atom is -0.493 e. The lowest BCUT2D eigenvalue weighted by molar-refractivity contribution is -0.112. The largest absolute Gasteiger partial charge is 0.493 e. The van der Waals surface area contributed by atoms with Crippen molar-refractivity contribution in [3.63, 3.8) is 0 Å². The van der Waals surface area contributed by atoms with E-state index in [2.05, 4.69) is 27.3 Å². The zero-order chi connectivity index (χ0) is 24.7. The second-order valence-corrected chi connectivity index (χ2v) is 8.46. The van der Waals surface area contributed by atoms with Crippen LogP contribution in [-0.2, 0) is 11.4 Å². The lowest BCUT2D eigenvalue weighted by Gasteiger charge is -2.14. The van der Waals surface area contributed by atoms with Crippen molar-refractivity contribution in [2.75, 3.05) is 12.4 Å². The van der Waals surface area contributed by atoms with Gasteiger partial charge < -0.3 is 14.8 Å². The van der Waals surface area contributed by atoms with Gasteiger partial charge in [-0.15, -0.1) is 0 Å². The number of anilines is 1. The molecule has 0 saturated carbocycles. The Kier molecular flexibility index (Phi) is 8.56. The molecule has 0 unspecified atom stereocenters. The minimum absolute atomic E-state index is 0.151. The van der Waals surface area contributed by atoms with Crippen LogP contribution in [0.5, 0.6) is 11.5 Å². The molecule has 6 nitrogen and oxygen atoms in total. The molecule has 1 amide bonds. The molecule has 0 fully saturated rings. The van der Waals surface area contributed by atoms with E-state index in [0.29, 0.717) is 32.8 Å². The average Bonchev–Trinajstić information content (AvgIpc) is 2.84. The number of methoxy groups -OCH3 is 1. The first-order chi connectivity index (χ1) is 16.4. The molecular formula is C25H16BrCl2N3O3. The minimum atomic E-state index is -0.643. The summed E-state index contributed by atoms with van der Waals surface area (Å²) in [5.41, 5.74) is 1.91. The van der Waals surface area contributed by atoms with Gasteiger partial charge in [-0.05, 0) is 57.9 Å². The van der Waals surface area contributed by atoms with Gasteiger partial charge in [0.25, 0.3) is 5.91 Å². The summed E-state index contributed by atoms with van der Waals surface area (Å²) in [6, 6.07) is 19.3. The first-order valence-corrected chi connectivity index (χ1v) is 11.3. The average molecular weight is 557 g/mol. The smallest absolute Gasteiger partial charge is 0.266 e. The van der Waals surface area contributed by atoms with Gasteiger partial charge in [-0.1, -0.05) is 47.5 Å². The van der Waals surface area contributed by atoms with E-state index in [-0.39, 0.29) is 22.2 Å². The summed E-state index contributed by atoms with van der Waals surface area (Å²) in [6.07, 6.45) is 1.41. The summed E-state index contributed by atoms with van der Waals surface area (Å²) in [6.45, 7) is 0.153. The molecule has 0 aromatic heterocycles. The maximum atomic E-state index is 12.6. The number of rotatable bonds is 7. The van der Waals surface area contributed by atoms with Gasteiger partial charge in [-0.25, -0.2) is 0 Å². The second kappa shape index (κ2) is 11.6. The number of amides is 1. The fraction of sp³-hybridized carbons (Fsp3) is 0.0800. The molecule has 3 rings (SSSR count). The molecule has 3 aromatic carbocycles. The number of hydrogen-bond donors (Lipinski definition) is 1. The van der Waals surface area contributed by atoms with Crippen LogP contribution in [0.3, 0.4) is 0 Å². The fourth-order valence-corrected chi connectivity index (χ4v) is 3.90. The number of hydrogen-bond acceptors (Lipinski definition) is 5. The molecule has 0 saturated heterocycles. The lowest BCUT2D eigenvalue weighted by Crippen LogP contribution is -2.13. The van der Waals surface area contributed by atoms with Crippen LogP contribution < -0.4 is 14.8 Å². The molecule has 0 aliphatic heterocycles. The van der Waals surface area contributed by atoms with Crippen molar-refractivity contribution in [3.8, 4) is 23.6 Å². The third kappa shape index (κ3) is 5.89. The Balaban J connectivity index is 1.86. The van der Waals surface area contributed by atoms with Gasteiger partial charge >= 0.3 is 0 Å². The van der Waals surface area contributed by atoms with E-state index in [1.54, 1.807) is 48.5 Å². The number of nitrogens with one attached hydrogen (secondary N) is 1. The maximum Gasteiger partial charge on any atom is 0.266 e. The van der Waals surface area contributed by atoms with E-state index in [0.717, 1.165) is 5.56 Å². The number of carbonyl (C=O) groups is 1. The number of nitrogens with zero attached hydrogens (tertiary/aromatic N) is 2. The van der Waals surface area contributed by atoms with Gasteiger partial charge in [-0.2, -0.15) is 10.5 Å². The molecule has 9 heteroatoms. The fourth-order valence-electron chi connectivity index (χ4n) is 2.97. The van der Waals surface area contributed by atoms with Crippen molar-refractivity contribution in [1.29, 1.82) is 10.5 Å². The molecule has 170 valence electrons. The van der Waals surface area contributed by atoms with Crippen molar-refractivity contribution >= 4 is 56.8 Å². The number of nitriles is 2. The number of ether oxygens (including phenoxy) is 2. The van der Waals surface area contributed by atoms with Crippen molar-refractivity contribution < 1.29 is 14.3 Å². The van der Waals surface area contributed by atoms with Crippen molar-refractivity contribution in [3.05, 3.63) is 91.4 Å². The predicted molar refractivity (Wildman–Crippen MR) is 135 cm³/mol. The maximum absolute atomic E-state index is 12.6. The van der Waals surface area contributed by atoms with E-state index < -0.39 is 5.91 Å². The predicted octanol–water partition coefficient (Wildman–Crippen LogP) is 6.76. The van der Waals surface area contributed by atoms with E-state index in [1.807, 2.05) is 12.1 Å². The normalized spacial score (nSPS) is 10.7. The number of benzene rings is 3. The Hall–Kier alpha value is -3.49. The van der Waals surface area contributed by atoms with Crippen LogP contribution in [-0.4, -0.2) is 13.0 Å². The van der Waals surface area contributed by atoms with Crippen molar-refractivity contribution in [2.24, 2.45) is 0 Å². The van der Waals surface area contributed by atoms with Gasteiger partial charge in [0.2, 0.25) is 0 Å². The summed E-state index contributed by atoms with van der Waals surface area (Å²) in [5, 5.41) is 21.8. The van der Waals surface area contributed by atoms with Gasteiger partial charge in [0.1, 0.15) is 18.2 Å². The molecule has 3 aromatic rings. The topological polar surface area (TPSA) is 95.1 Å². The first-order valence-electron chi connectivity index (χ1n) is 9.73. The first kappa shape index (κ1) is 25.1. The summed E-state index contributed by atoms with van der Waals surface area (Å²) in [5.74, 6) is 0.155. The summed E-state index contributed by atoms with van der Waals surface area (Å²) in [4.78, 5) is 12.6. The lowest BCUT2D eigenvalue weighted by atomic mass is 10.1. The van der Waals surface area contributed by atoms with Gasteiger partial charge in [0.15, 0.2) is 11.5 Å². The van der Waals surface area contributed by atoms with Gasteiger partial charge in [0.05, 0.1) is 38.9 Å². The van der Waals surface area contributed by atoms with Crippen LogP contribution in [0.1, 0.15) is 16.7 Å². The number of carbonyl (C=O) groups excluding carboxylic acids is 1. The Morgan fingerprint density at radius 2 is 1.91 bits per heavy atom. The van der Waals surface area contributed by atoms with Crippen LogP contribution in [0, 0.1) is 22.7 Å². The van der Waals surface area contributed by atoms with Crippen LogP contribution >= 0.6 is 39.1 Å². The standard InChI is InChI=1S/C25H16BrCl2N3O3/c1-33-22-11-15(9-18(13-30)25(32)31-21-8-4-7-20(27)23(21)28)10-19(26)24(22)34-14-17-6-3-2-5-16(17)12-29/h2-11H,14H2,1H3,(H,31,32)/b18-9-. The highest BCUT2D eigenvalue weighted by molar-refractivity contribution is 9.10. The van der Waals surface area contributed by atoms with E-state index >= 15 is 0 Å². The molecule has 0 aliphatic carbocycles. The Morgan fingerprint density at radius 1 is 1.15 bits per heavy atom. The van der Waals surface area contributed by atoms with Crippen molar-refractivity contribution in [1.82, 2.24) is 0 Å². The zero-order valence-corrected chi connectivity index (χ0v) is 20.8. The highest BCUT2D eigenvalue weighted by atomic mass is 79.9. The Labute approximate surface area is 215 Å². The SMILES string of the molecule is COc1cc(/C=C(/C#N)C(=O)Nc2cccc(Cl)c2Cl)cc(Br)c1OCc1ccccc1C#N. The molecule has 0 radical (unpaired) electrons. The van der Waals surface area contributed by atoms with Crippen molar-refractivity contribution in [2.45, 2.75) is 6.61 Å². The molecule has 0 aliphatic rings. The third-order valence-electron chi connectivity index (χ3n) is 4.64. The van der Waals surface area contributed by atoms with Gasteiger partial charge in [-0.3, -0.25) is 4.79 Å². The molecule has 34 heavy (non-hydrogen) atoms. The quantitative estimate of drug-likeness (QED) is 0.256. The van der Waals surface area contributed by atoms with E-state index in [9.17, 15) is 15.3 Å². The summed E-state index contributed by atoms with van der Waals surface area (Å²) < 4.78 is 11.9. The van der Waals surface area contributed by atoms with Gasteiger partial charge in [0, 0.05) is 5.56 Å². The molecule has 1 N–H and O–H groups in total. The monoisotopic (exact) mass is 555 g/mol. The third-order valence-corrected chi connectivity index (χ3v) is 6.05. The number of halogens is 3. The summed E-state index contributed by atoms with van der Waals surface area (Å²) in [7, 11) is 1.48. The van der Waals surface area contributed by atoms with E-state index in [4.69, 9.17) is 32.7 Å². The molecular weight excluding hydrogens is 541 g/mol. The second-order valence-electron chi connectivity index (χ2n) is 6.82. The highest BCUT2D eigenvalue weighted by Crippen LogP contribution is 2.38. The van der Waals surface area contributed by atoms with Crippen LogP contribution in [0.15, 0.2) is 64.6 Å². The highest BCUT2D eigenvalue weighted by Gasteiger charge is 2.16. The Morgan fingerprint density at radius 3 is 2.62 bits per heavy atom. The van der Waals surface area contributed by atoms with Crippen LogP contribution in [0.25, 0.3) is 6.08 Å². The van der Waals surface area contributed by atoms with Crippen LogP contribution in [0.4, 0.5) is 5.69 Å². The molecule has 0 bridgehead atoms. The zero-order valence-electron chi connectivity index (χ0n) is 17.7.